The van der Waals surface area contributed by atoms with E-state index in [1.807, 2.05) is 31.3 Å². The van der Waals surface area contributed by atoms with Crippen LogP contribution in [0.2, 0.25) is 0 Å². The van der Waals surface area contributed by atoms with Gasteiger partial charge in [0.05, 0.1) is 35.0 Å². The lowest BCUT2D eigenvalue weighted by molar-refractivity contribution is -0.137. The molecule has 0 bridgehead atoms. The summed E-state index contributed by atoms with van der Waals surface area (Å²) in [5, 5.41) is 2.63. The van der Waals surface area contributed by atoms with Crippen LogP contribution >= 0.6 is 0 Å². The van der Waals surface area contributed by atoms with Gasteiger partial charge in [0.1, 0.15) is 11.6 Å². The number of nitrogens with one attached hydrogen (secondary N) is 1. The number of aromatic nitrogens is 2. The molecule has 7 nitrogen and oxygen atoms in total. The topological polar surface area (TPSA) is 84.4 Å². The molecule has 38 heavy (non-hydrogen) atoms. The minimum Gasteiger partial charge on any atom is -0.377 e. The fourth-order valence-electron chi connectivity index (χ4n) is 4.83. The molecule has 202 valence electrons. The Morgan fingerprint density at radius 1 is 0.947 bits per heavy atom. The first kappa shape index (κ1) is 26.4. The van der Waals surface area contributed by atoms with Gasteiger partial charge in [-0.25, -0.2) is 18.4 Å². The molecule has 0 unspecified atom stereocenters. The van der Waals surface area contributed by atoms with Crippen molar-refractivity contribution in [3.8, 4) is 11.1 Å². The second kappa shape index (κ2) is 10.5. The average molecular weight is 547 g/mol. The lowest BCUT2D eigenvalue weighted by atomic mass is 9.95. The lowest BCUT2D eigenvalue weighted by Crippen LogP contribution is -2.47. The van der Waals surface area contributed by atoms with Crippen molar-refractivity contribution in [2.75, 3.05) is 30.5 Å². The molecule has 0 spiro atoms. The zero-order valence-electron chi connectivity index (χ0n) is 20.9. The number of alkyl halides is 3. The van der Waals surface area contributed by atoms with E-state index in [1.165, 1.54) is 6.07 Å². The molecular weight excluding hydrogens is 517 g/mol. The highest BCUT2D eigenvalue weighted by molar-refractivity contribution is 7.92. The highest BCUT2D eigenvalue weighted by atomic mass is 32.2. The van der Waals surface area contributed by atoms with Crippen LogP contribution in [0.3, 0.4) is 0 Å². The molecular formula is C27H29F3N4O3S. The van der Waals surface area contributed by atoms with Gasteiger partial charge in [-0.15, -0.1) is 0 Å². The first-order chi connectivity index (χ1) is 18.1. The summed E-state index contributed by atoms with van der Waals surface area (Å²) in [6.07, 6.45) is 0.225. The number of halogens is 3. The molecule has 0 radical (unpaired) electrons. The summed E-state index contributed by atoms with van der Waals surface area (Å²) >= 11 is 0. The normalized spacial score (nSPS) is 20.5. The molecule has 1 N–H and O–H groups in total. The number of nitrogens with zero attached hydrogens (tertiary/aromatic N) is 3. The van der Waals surface area contributed by atoms with Crippen LogP contribution < -0.4 is 10.2 Å². The fourth-order valence-corrected chi connectivity index (χ4v) is 6.62. The number of benzene rings is 1. The minimum absolute atomic E-state index is 0.0430. The second-order valence-electron chi connectivity index (χ2n) is 9.82. The number of hydrogen-bond acceptors (Lipinski definition) is 7. The summed E-state index contributed by atoms with van der Waals surface area (Å²) in [6.45, 7) is 1.36. The van der Waals surface area contributed by atoms with Gasteiger partial charge in [0.2, 0.25) is 0 Å². The third kappa shape index (κ3) is 5.63. The van der Waals surface area contributed by atoms with Crippen LogP contribution in [-0.2, 0) is 20.8 Å². The second-order valence-corrected chi connectivity index (χ2v) is 12.1. The van der Waals surface area contributed by atoms with Gasteiger partial charge in [0, 0.05) is 25.5 Å². The highest BCUT2D eigenvalue weighted by Crippen LogP contribution is 2.33. The molecule has 0 amide bonds. The predicted octanol–water partition coefficient (Wildman–Crippen LogP) is 5.19. The molecule has 0 atom stereocenters. The van der Waals surface area contributed by atoms with Crippen LogP contribution in [0.15, 0.2) is 65.8 Å². The number of sulfone groups is 1. The van der Waals surface area contributed by atoms with E-state index < -0.39 is 26.8 Å². The van der Waals surface area contributed by atoms with Gasteiger partial charge in [-0.1, -0.05) is 12.1 Å². The Morgan fingerprint density at radius 3 is 2.24 bits per heavy atom. The molecule has 2 aliphatic rings. The Labute approximate surface area is 220 Å². The van der Waals surface area contributed by atoms with Crippen LogP contribution in [-0.4, -0.2) is 56.0 Å². The SMILES string of the molecule is CN(c1cc(-c2ccc(S(=O)(=O)[C@H]3CC[C@H](Nc4ccc(C(F)(F)F)cn4)CC3)cc2)ccn1)C1COC1. The van der Waals surface area contributed by atoms with E-state index >= 15 is 0 Å². The molecule has 2 aromatic heterocycles. The molecule has 5 rings (SSSR count). The molecule has 1 saturated heterocycles. The average Bonchev–Trinajstić information content (AvgIpc) is 2.88. The Balaban J connectivity index is 1.20. The molecule has 2 fully saturated rings. The third-order valence-electron chi connectivity index (χ3n) is 7.35. The van der Waals surface area contributed by atoms with Gasteiger partial charge >= 0.3 is 6.18 Å². The van der Waals surface area contributed by atoms with Crippen LogP contribution in [0.25, 0.3) is 11.1 Å². The van der Waals surface area contributed by atoms with E-state index in [4.69, 9.17) is 4.74 Å². The molecule has 1 aliphatic heterocycles. The number of ether oxygens (including phenoxy) is 1. The van der Waals surface area contributed by atoms with Gasteiger partial charge in [0.15, 0.2) is 9.84 Å². The minimum atomic E-state index is -4.43. The molecule has 11 heteroatoms. The molecule has 1 aromatic carbocycles. The standard InChI is InChI=1S/C27H29F3N4O3S/c1-34(22-16-37-17-22)26-14-19(12-13-31-26)18-2-7-23(8-3-18)38(35,36)24-9-5-21(6-10-24)33-25-11-4-20(15-32-25)27(28,29)30/h2-4,7-8,11-15,21-22,24H,5-6,9-10,16-17H2,1H3,(H,32,33)/t21-,24-. The van der Waals surface area contributed by atoms with Crippen molar-refractivity contribution in [2.24, 2.45) is 0 Å². The van der Waals surface area contributed by atoms with Gasteiger partial charge in [-0.05, 0) is 73.2 Å². The number of rotatable bonds is 7. The van der Waals surface area contributed by atoms with E-state index in [0.717, 1.165) is 29.2 Å². The van der Waals surface area contributed by atoms with E-state index in [2.05, 4.69) is 20.2 Å². The Bertz CT molecular complexity index is 1350. The number of likely N-dealkylation sites (N-methyl/N-ethyl adjacent to an activating group) is 1. The highest BCUT2D eigenvalue weighted by Gasteiger charge is 2.33. The molecule has 1 saturated carbocycles. The summed E-state index contributed by atoms with van der Waals surface area (Å²) < 4.78 is 70.1. The van der Waals surface area contributed by atoms with E-state index in [-0.39, 0.29) is 6.04 Å². The third-order valence-corrected chi connectivity index (χ3v) is 9.63. The van der Waals surface area contributed by atoms with E-state index in [0.29, 0.717) is 55.7 Å². The van der Waals surface area contributed by atoms with Crippen molar-refractivity contribution < 1.29 is 26.3 Å². The van der Waals surface area contributed by atoms with E-state index in [1.54, 1.807) is 18.3 Å². The summed E-state index contributed by atoms with van der Waals surface area (Å²) in [4.78, 5) is 10.7. The van der Waals surface area contributed by atoms with Gasteiger partial charge < -0.3 is 15.0 Å². The quantitative estimate of drug-likeness (QED) is 0.436. The zero-order chi connectivity index (χ0) is 26.9. The molecule has 3 aromatic rings. The van der Waals surface area contributed by atoms with Crippen molar-refractivity contribution in [1.82, 2.24) is 9.97 Å². The maximum atomic E-state index is 13.3. The van der Waals surface area contributed by atoms with Crippen molar-refractivity contribution in [1.29, 1.82) is 0 Å². The zero-order valence-corrected chi connectivity index (χ0v) is 21.7. The first-order valence-electron chi connectivity index (χ1n) is 12.5. The Hall–Kier alpha value is -3.18. The maximum absolute atomic E-state index is 13.3. The maximum Gasteiger partial charge on any atom is 0.417 e. The number of hydrogen-bond donors (Lipinski definition) is 1. The van der Waals surface area contributed by atoms with Crippen LogP contribution in [0.1, 0.15) is 31.2 Å². The van der Waals surface area contributed by atoms with Crippen molar-refractivity contribution in [3.63, 3.8) is 0 Å². The van der Waals surface area contributed by atoms with Gasteiger partial charge in [0.25, 0.3) is 0 Å². The fraction of sp³-hybridized carbons (Fsp3) is 0.407. The summed E-state index contributed by atoms with van der Waals surface area (Å²) in [6, 6.07) is 13.4. The van der Waals surface area contributed by atoms with Gasteiger partial charge in [-0.2, -0.15) is 13.2 Å². The molecule has 3 heterocycles. The molecule has 1 aliphatic carbocycles. The largest absolute Gasteiger partial charge is 0.417 e. The summed E-state index contributed by atoms with van der Waals surface area (Å²) in [5.41, 5.74) is 1.06. The smallest absolute Gasteiger partial charge is 0.377 e. The number of anilines is 2. The monoisotopic (exact) mass is 546 g/mol. The van der Waals surface area contributed by atoms with Crippen LogP contribution in [0.5, 0.6) is 0 Å². The van der Waals surface area contributed by atoms with E-state index in [9.17, 15) is 21.6 Å². The van der Waals surface area contributed by atoms with Gasteiger partial charge in [-0.3, -0.25) is 0 Å². The van der Waals surface area contributed by atoms with Crippen molar-refractivity contribution in [3.05, 3.63) is 66.5 Å². The Kier molecular flexibility index (Phi) is 7.32. The summed E-state index contributed by atoms with van der Waals surface area (Å²) in [5.74, 6) is 1.19. The first-order valence-corrected chi connectivity index (χ1v) is 14.1. The predicted molar refractivity (Wildman–Crippen MR) is 139 cm³/mol. The van der Waals surface area contributed by atoms with Crippen LogP contribution in [0, 0.1) is 0 Å². The summed E-state index contributed by atoms with van der Waals surface area (Å²) in [7, 11) is -1.53. The van der Waals surface area contributed by atoms with Crippen molar-refractivity contribution >= 4 is 21.5 Å². The number of pyridine rings is 2. The van der Waals surface area contributed by atoms with Crippen molar-refractivity contribution in [2.45, 2.75) is 54.1 Å². The Morgan fingerprint density at radius 2 is 1.66 bits per heavy atom. The van der Waals surface area contributed by atoms with Crippen LogP contribution in [0.4, 0.5) is 24.8 Å². The lowest BCUT2D eigenvalue weighted by Gasteiger charge is -2.35.